The van der Waals surface area contributed by atoms with E-state index >= 15 is 0 Å². The van der Waals surface area contributed by atoms with Gasteiger partial charge in [-0.25, -0.2) is 9.59 Å². The van der Waals surface area contributed by atoms with E-state index in [0.717, 1.165) is 14.7 Å². The molecular weight excluding hydrogens is 240 g/mol. The van der Waals surface area contributed by atoms with E-state index in [1.165, 1.54) is 12.4 Å². The Morgan fingerprint density at radius 1 is 1.28 bits per heavy atom. The summed E-state index contributed by atoms with van der Waals surface area (Å²) in [7, 11) is 0. The Hall–Kier alpha value is -2.25. The van der Waals surface area contributed by atoms with Crippen LogP contribution in [0.2, 0.25) is 0 Å². The molecule has 0 saturated carbocycles. The summed E-state index contributed by atoms with van der Waals surface area (Å²) in [5, 5.41) is 22.8. The third kappa shape index (κ3) is 3.12. The van der Waals surface area contributed by atoms with Crippen molar-refractivity contribution in [1.82, 2.24) is 14.8 Å². The minimum atomic E-state index is -1.28. The highest BCUT2D eigenvalue weighted by molar-refractivity contribution is 5.77. The maximum absolute atomic E-state index is 11.2. The van der Waals surface area contributed by atoms with Crippen LogP contribution in [0.25, 0.3) is 0 Å². The van der Waals surface area contributed by atoms with Gasteiger partial charge >= 0.3 is 12.2 Å². The van der Waals surface area contributed by atoms with E-state index < -0.39 is 17.7 Å². The van der Waals surface area contributed by atoms with E-state index in [1.807, 2.05) is 0 Å². The molecule has 0 saturated heterocycles. The lowest BCUT2D eigenvalue weighted by Gasteiger charge is -2.35. The van der Waals surface area contributed by atoms with Crippen molar-refractivity contribution in [2.24, 2.45) is 0 Å². The van der Waals surface area contributed by atoms with Gasteiger partial charge in [-0.15, -0.1) is 0 Å². The number of carboxylic acid groups (broad SMARTS) is 2. The fourth-order valence-electron chi connectivity index (χ4n) is 1.31. The van der Waals surface area contributed by atoms with Crippen molar-refractivity contribution in [2.75, 3.05) is 11.7 Å². The molecule has 1 rings (SSSR count). The fourth-order valence-corrected chi connectivity index (χ4v) is 1.31. The summed E-state index contributed by atoms with van der Waals surface area (Å²) < 4.78 is 0. The van der Waals surface area contributed by atoms with Gasteiger partial charge < -0.3 is 10.2 Å². The fraction of sp³-hybridized carbons (Fsp3) is 0.500. The van der Waals surface area contributed by atoms with E-state index in [4.69, 9.17) is 10.2 Å². The van der Waals surface area contributed by atoms with Crippen LogP contribution < -0.4 is 5.01 Å². The molecule has 0 aliphatic carbocycles. The lowest BCUT2D eigenvalue weighted by molar-refractivity contribution is 0.0937. The molecule has 8 nitrogen and oxygen atoms in total. The second-order valence-corrected chi connectivity index (χ2v) is 4.63. The van der Waals surface area contributed by atoms with Crippen molar-refractivity contribution >= 4 is 12.2 Å². The van der Waals surface area contributed by atoms with E-state index in [9.17, 15) is 9.59 Å². The topological polar surface area (TPSA) is 98.9 Å². The molecular formula is C10H16N4O4. The van der Waals surface area contributed by atoms with Gasteiger partial charge in [0, 0.05) is 11.7 Å². The number of carbonyl (C=O) groups is 2. The summed E-state index contributed by atoms with van der Waals surface area (Å²) in [5.74, 6) is 0. The Bertz CT molecular complexity index is 424. The molecule has 1 aromatic rings. The smallest absolute Gasteiger partial charge is 0.429 e. The van der Waals surface area contributed by atoms with Gasteiger partial charge in [0.1, 0.15) is 6.67 Å². The molecule has 18 heavy (non-hydrogen) atoms. The van der Waals surface area contributed by atoms with Gasteiger partial charge in [0.2, 0.25) is 0 Å². The largest absolute Gasteiger partial charge is 0.465 e. The SMILES string of the molecule is CC(C)(C)N(CN(C(=O)O)n1cccn1)C(=O)O. The number of hydrogen-bond donors (Lipinski definition) is 2. The minimum absolute atomic E-state index is 0.324. The normalized spacial score (nSPS) is 11.1. The molecule has 0 bridgehead atoms. The second-order valence-electron chi connectivity index (χ2n) is 4.63. The van der Waals surface area contributed by atoms with Crippen LogP contribution in [0, 0.1) is 0 Å². The first kappa shape index (κ1) is 13.8. The molecule has 1 aromatic heterocycles. The van der Waals surface area contributed by atoms with Crippen molar-refractivity contribution in [3.05, 3.63) is 18.5 Å². The van der Waals surface area contributed by atoms with Gasteiger partial charge in [-0.2, -0.15) is 14.9 Å². The molecule has 0 aliphatic heterocycles. The zero-order valence-corrected chi connectivity index (χ0v) is 10.4. The lowest BCUT2D eigenvalue weighted by Crippen LogP contribution is -2.55. The molecule has 100 valence electrons. The minimum Gasteiger partial charge on any atom is -0.465 e. The highest BCUT2D eigenvalue weighted by Gasteiger charge is 2.30. The van der Waals surface area contributed by atoms with Crippen LogP contribution in [0.1, 0.15) is 20.8 Å². The molecule has 2 amide bonds. The van der Waals surface area contributed by atoms with Crippen LogP contribution in [0.5, 0.6) is 0 Å². The third-order valence-corrected chi connectivity index (χ3v) is 2.27. The van der Waals surface area contributed by atoms with Crippen molar-refractivity contribution < 1.29 is 19.8 Å². The number of rotatable bonds is 3. The van der Waals surface area contributed by atoms with Crippen LogP contribution in [0.4, 0.5) is 9.59 Å². The standard InChI is InChI=1S/C10H16N4O4/c1-10(2,3)12(8(15)16)7-13(9(17)18)14-6-4-5-11-14/h4-6H,7H2,1-3H3,(H,15,16)(H,17,18). The van der Waals surface area contributed by atoms with Gasteiger partial charge in [0.25, 0.3) is 0 Å². The zero-order valence-electron chi connectivity index (χ0n) is 10.4. The average molecular weight is 256 g/mol. The number of nitrogens with zero attached hydrogens (tertiary/aromatic N) is 4. The van der Waals surface area contributed by atoms with Crippen molar-refractivity contribution in [3.63, 3.8) is 0 Å². The lowest BCUT2D eigenvalue weighted by atomic mass is 10.1. The molecule has 0 aromatic carbocycles. The monoisotopic (exact) mass is 256 g/mol. The Morgan fingerprint density at radius 3 is 2.22 bits per heavy atom. The predicted molar refractivity (Wildman–Crippen MR) is 63.0 cm³/mol. The number of aromatic nitrogens is 2. The third-order valence-electron chi connectivity index (χ3n) is 2.27. The van der Waals surface area contributed by atoms with Crippen LogP contribution in [-0.2, 0) is 0 Å². The Morgan fingerprint density at radius 2 is 1.89 bits per heavy atom. The molecule has 2 N–H and O–H groups in total. The highest BCUT2D eigenvalue weighted by atomic mass is 16.4. The quantitative estimate of drug-likeness (QED) is 0.792. The number of amides is 2. The van der Waals surface area contributed by atoms with E-state index in [-0.39, 0.29) is 6.67 Å². The van der Waals surface area contributed by atoms with Crippen LogP contribution in [0.3, 0.4) is 0 Å². The first-order valence-electron chi connectivity index (χ1n) is 5.24. The van der Waals surface area contributed by atoms with Gasteiger partial charge in [-0.1, -0.05) is 0 Å². The molecule has 0 radical (unpaired) electrons. The van der Waals surface area contributed by atoms with Crippen LogP contribution in [-0.4, -0.2) is 49.4 Å². The molecule has 8 heteroatoms. The van der Waals surface area contributed by atoms with Crippen LogP contribution >= 0.6 is 0 Å². The summed E-state index contributed by atoms with van der Waals surface area (Å²) >= 11 is 0. The maximum atomic E-state index is 11.2. The van der Waals surface area contributed by atoms with Gasteiger partial charge in [-0.05, 0) is 26.8 Å². The van der Waals surface area contributed by atoms with Crippen molar-refractivity contribution in [1.29, 1.82) is 0 Å². The van der Waals surface area contributed by atoms with Gasteiger partial charge in [-0.3, -0.25) is 4.90 Å². The Labute approximate surface area is 104 Å². The highest BCUT2D eigenvalue weighted by Crippen LogP contribution is 2.13. The van der Waals surface area contributed by atoms with E-state index in [2.05, 4.69) is 5.10 Å². The second kappa shape index (κ2) is 4.94. The summed E-state index contributed by atoms with van der Waals surface area (Å²) in [6.07, 6.45) is 0.365. The number of hydrogen-bond acceptors (Lipinski definition) is 3. The van der Waals surface area contributed by atoms with Crippen molar-refractivity contribution in [2.45, 2.75) is 26.3 Å². The molecule has 0 fully saturated rings. The van der Waals surface area contributed by atoms with E-state index in [1.54, 1.807) is 26.8 Å². The van der Waals surface area contributed by atoms with Gasteiger partial charge in [0.15, 0.2) is 0 Å². The first-order valence-corrected chi connectivity index (χ1v) is 5.24. The zero-order chi connectivity index (χ0) is 13.9. The summed E-state index contributed by atoms with van der Waals surface area (Å²) in [6.45, 7) is 4.73. The molecule has 0 spiro atoms. The molecule has 1 heterocycles. The molecule has 0 aliphatic rings. The summed E-state index contributed by atoms with van der Waals surface area (Å²) in [5.41, 5.74) is -0.716. The molecule has 0 unspecified atom stereocenters. The van der Waals surface area contributed by atoms with Gasteiger partial charge in [0.05, 0.1) is 6.20 Å². The Balaban J connectivity index is 2.96. The van der Waals surface area contributed by atoms with Crippen molar-refractivity contribution in [3.8, 4) is 0 Å². The van der Waals surface area contributed by atoms with Crippen LogP contribution in [0.15, 0.2) is 18.5 Å². The summed E-state index contributed by atoms with van der Waals surface area (Å²) in [6, 6.07) is 1.55. The summed E-state index contributed by atoms with van der Waals surface area (Å²) in [4.78, 5) is 24.4. The maximum Gasteiger partial charge on any atom is 0.429 e. The molecule has 0 atom stereocenters. The first-order chi connectivity index (χ1) is 8.23. The van der Waals surface area contributed by atoms with E-state index in [0.29, 0.717) is 0 Å². The average Bonchev–Trinajstić information content (AvgIpc) is 2.67. The predicted octanol–water partition coefficient (Wildman–Crippen LogP) is 1.24. The Kier molecular flexibility index (Phi) is 3.79.